The molecule has 0 spiro atoms. The van der Waals surface area contributed by atoms with Crippen LogP contribution in [0.15, 0.2) is 36.5 Å². The Morgan fingerprint density at radius 1 is 0.692 bits per heavy atom. The van der Waals surface area contributed by atoms with Crippen LogP contribution in [0.3, 0.4) is 0 Å². The molecule has 154 valence electrons. The highest BCUT2D eigenvalue weighted by molar-refractivity contribution is 8.10. The largest absolute Gasteiger partial charge is 0.259 e. The van der Waals surface area contributed by atoms with Crippen LogP contribution in [0, 0.1) is 0 Å². The van der Waals surface area contributed by atoms with E-state index < -0.39 is 32.4 Å². The number of thioether (sulfide) groups is 1. The zero-order valence-corrected chi connectivity index (χ0v) is 20.6. The highest BCUT2D eigenvalue weighted by Crippen LogP contribution is 2.03. The van der Waals surface area contributed by atoms with Gasteiger partial charge in [-0.3, -0.25) is 12.6 Å². The highest BCUT2D eigenvalue weighted by Gasteiger charge is 1.95. The van der Waals surface area contributed by atoms with Gasteiger partial charge >= 0.3 is 0 Å². The van der Waals surface area contributed by atoms with Crippen LogP contribution in [0.1, 0.15) is 13.8 Å². The second-order valence-electron chi connectivity index (χ2n) is 4.66. The molecule has 0 amide bonds. The molecule has 26 heavy (non-hydrogen) atoms. The summed E-state index contributed by atoms with van der Waals surface area (Å²) in [6.07, 6.45) is 11.6. The Kier molecular flexibility index (Phi) is 26.4. The maximum Gasteiger partial charge on any atom is 0.0698 e. The first kappa shape index (κ1) is 28.9. The third-order valence-electron chi connectivity index (χ3n) is 2.63. The molecular weight excluding hydrogens is 445 g/mol. The van der Waals surface area contributed by atoms with E-state index in [1.165, 1.54) is 0 Å². The van der Waals surface area contributed by atoms with E-state index in [0.29, 0.717) is 33.8 Å². The number of rotatable bonds is 14. The number of thiol groups is 2. The van der Waals surface area contributed by atoms with Gasteiger partial charge in [-0.15, -0.1) is 11.8 Å². The molecule has 0 aliphatic carbocycles. The molecule has 9 heteroatoms. The minimum atomic E-state index is -0.789. The monoisotopic (exact) mass is 476 g/mol. The molecule has 0 aromatic carbocycles. The van der Waals surface area contributed by atoms with Crippen LogP contribution in [-0.2, 0) is 32.4 Å². The van der Waals surface area contributed by atoms with Gasteiger partial charge in [-0.1, -0.05) is 50.3 Å². The predicted octanol–water partition coefficient (Wildman–Crippen LogP) is 3.48. The van der Waals surface area contributed by atoms with Crippen molar-refractivity contribution < 1.29 is 12.6 Å². The van der Waals surface area contributed by atoms with E-state index in [2.05, 4.69) is 25.3 Å². The van der Waals surface area contributed by atoms with E-state index in [-0.39, 0.29) is 0 Å². The van der Waals surface area contributed by atoms with Crippen molar-refractivity contribution in [1.29, 1.82) is 0 Å². The molecule has 0 heterocycles. The van der Waals surface area contributed by atoms with E-state index in [1.54, 1.807) is 11.8 Å². The smallest absolute Gasteiger partial charge is 0.0698 e. The van der Waals surface area contributed by atoms with E-state index in [1.807, 2.05) is 50.3 Å². The molecule has 0 rings (SSSR count). The Morgan fingerprint density at radius 2 is 1.12 bits per heavy atom. The van der Waals surface area contributed by atoms with E-state index in [0.717, 1.165) is 17.3 Å². The van der Waals surface area contributed by atoms with Crippen molar-refractivity contribution in [3.63, 3.8) is 0 Å². The van der Waals surface area contributed by atoms with Gasteiger partial charge in [-0.25, -0.2) is 0 Å². The normalized spacial score (nSPS) is 15.2. The highest BCUT2D eigenvalue weighted by atomic mass is 32.2. The van der Waals surface area contributed by atoms with Crippen molar-refractivity contribution in [2.45, 2.75) is 13.8 Å². The molecule has 0 fully saturated rings. The third-order valence-corrected chi connectivity index (χ3v) is 8.18. The van der Waals surface area contributed by atoms with Crippen LogP contribution in [0.5, 0.6) is 0 Å². The quantitative estimate of drug-likeness (QED) is 0.229. The summed E-state index contributed by atoms with van der Waals surface area (Å²) >= 11 is 9.64. The second kappa shape index (κ2) is 23.8. The Balaban J connectivity index is 0. The average molecular weight is 477 g/mol. The number of hydrogen-bond acceptors (Lipinski definition) is 6. The fourth-order valence-corrected chi connectivity index (χ4v) is 4.84. The third kappa shape index (κ3) is 24.7. The number of hydrogen-bond donors (Lipinski definition) is 2. The summed E-state index contributed by atoms with van der Waals surface area (Å²) in [4.78, 5) is 0. The van der Waals surface area contributed by atoms with Crippen molar-refractivity contribution in [1.82, 2.24) is 0 Å². The first-order chi connectivity index (χ1) is 12.5. The molecule has 0 radical (unpaired) electrons. The summed E-state index contributed by atoms with van der Waals surface area (Å²) in [6, 6.07) is 0. The van der Waals surface area contributed by atoms with Crippen LogP contribution < -0.4 is 0 Å². The van der Waals surface area contributed by atoms with Gasteiger partial charge in [0.2, 0.25) is 0 Å². The Labute approximate surface area is 182 Å². The summed E-state index contributed by atoms with van der Waals surface area (Å²) < 4.78 is 33.3. The minimum Gasteiger partial charge on any atom is -0.259 e. The van der Waals surface area contributed by atoms with Gasteiger partial charge < -0.3 is 0 Å². The van der Waals surface area contributed by atoms with E-state index in [9.17, 15) is 12.6 Å². The van der Waals surface area contributed by atoms with Crippen LogP contribution in [-0.4, -0.2) is 63.7 Å². The molecule has 3 unspecified atom stereocenters. The second-order valence-corrected chi connectivity index (χ2v) is 11.9. The summed E-state index contributed by atoms with van der Waals surface area (Å²) in [6.45, 7) is 3.84. The van der Waals surface area contributed by atoms with Crippen molar-refractivity contribution >= 4 is 69.4 Å². The van der Waals surface area contributed by atoms with Crippen LogP contribution in [0.25, 0.3) is 0 Å². The van der Waals surface area contributed by atoms with Gasteiger partial charge in [0.15, 0.2) is 0 Å². The molecule has 3 nitrogen and oxygen atoms in total. The SMILES string of the molecule is CCS(=O)C/C=C/CS.CCS(=O)C/C=C/CSCS(=O)C/C=C/CS. The minimum absolute atomic E-state index is 0.608. The molecule has 3 atom stereocenters. The van der Waals surface area contributed by atoms with E-state index in [4.69, 9.17) is 0 Å². The van der Waals surface area contributed by atoms with Gasteiger partial charge in [0.05, 0.1) is 5.08 Å². The fourth-order valence-electron chi connectivity index (χ4n) is 1.24. The molecule has 0 aromatic heterocycles. The molecule has 0 aliphatic heterocycles. The molecular formula is C17H32O3S6. The lowest BCUT2D eigenvalue weighted by atomic mass is 10.6. The van der Waals surface area contributed by atoms with Crippen molar-refractivity contribution in [2.24, 2.45) is 0 Å². The Bertz CT molecular complexity index is 475. The lowest BCUT2D eigenvalue weighted by molar-refractivity contribution is 0.685. The van der Waals surface area contributed by atoms with Gasteiger partial charge in [-0.05, 0) is 0 Å². The van der Waals surface area contributed by atoms with Gasteiger partial charge in [0.1, 0.15) is 0 Å². The zero-order chi connectivity index (χ0) is 20.0. The van der Waals surface area contributed by atoms with Crippen LogP contribution in [0.4, 0.5) is 0 Å². The molecule has 0 aliphatic rings. The lowest BCUT2D eigenvalue weighted by Gasteiger charge is -1.97. The van der Waals surface area contributed by atoms with Gasteiger partial charge in [-0.2, -0.15) is 25.3 Å². The first-order valence-corrected chi connectivity index (χ1v) is 15.2. The summed E-state index contributed by atoms with van der Waals surface area (Å²) in [5.41, 5.74) is 0. The van der Waals surface area contributed by atoms with Crippen molar-refractivity contribution in [3.05, 3.63) is 36.5 Å². The fraction of sp³-hybridized carbons (Fsp3) is 0.647. The molecule has 0 saturated heterocycles. The molecule has 0 aromatic rings. The Morgan fingerprint density at radius 3 is 1.54 bits per heavy atom. The summed E-state index contributed by atoms with van der Waals surface area (Å²) in [5.74, 6) is 5.64. The summed E-state index contributed by atoms with van der Waals surface area (Å²) in [7, 11) is -2.16. The zero-order valence-electron chi connectivity index (χ0n) is 15.6. The lowest BCUT2D eigenvalue weighted by Crippen LogP contribution is -1.98. The predicted molar refractivity (Wildman–Crippen MR) is 133 cm³/mol. The average Bonchev–Trinajstić information content (AvgIpc) is 2.65. The van der Waals surface area contributed by atoms with Crippen molar-refractivity contribution in [2.75, 3.05) is 51.1 Å². The maximum absolute atomic E-state index is 11.4. The maximum atomic E-state index is 11.4. The summed E-state index contributed by atoms with van der Waals surface area (Å²) in [5, 5.41) is 0.651. The topological polar surface area (TPSA) is 51.2 Å². The van der Waals surface area contributed by atoms with Crippen molar-refractivity contribution in [3.8, 4) is 0 Å². The van der Waals surface area contributed by atoms with Crippen LogP contribution >= 0.6 is 37.0 Å². The first-order valence-electron chi connectivity index (χ1n) is 8.31. The van der Waals surface area contributed by atoms with E-state index >= 15 is 0 Å². The molecule has 0 bridgehead atoms. The van der Waals surface area contributed by atoms with Gasteiger partial charge in [0, 0.05) is 78.4 Å². The Hall–Kier alpha value is 0.720. The molecule has 0 saturated carbocycles. The molecule has 0 N–H and O–H groups in total. The standard InChI is InChI=1S/C11H20O2S4.C6H12OS2/c1-2-16(12)9-6-4-8-15-11-17(13)10-5-3-7-14;1-2-9(7)6-4-3-5-8/h3-6,14H,2,7-11H2,1H3;3-4,8H,2,5-6H2,1H3/b5-3+,6-4+;4-3+. The van der Waals surface area contributed by atoms with Crippen LogP contribution in [0.2, 0.25) is 0 Å². The van der Waals surface area contributed by atoms with Gasteiger partial charge in [0.25, 0.3) is 0 Å².